The molecule has 0 spiro atoms. The van der Waals surface area contributed by atoms with Crippen LogP contribution in [0.3, 0.4) is 0 Å². The Kier molecular flexibility index (Phi) is 10.5. The molecule has 0 rings (SSSR count). The molecule has 2 atom stereocenters. The van der Waals surface area contributed by atoms with E-state index >= 15 is 0 Å². The van der Waals surface area contributed by atoms with Gasteiger partial charge in [0.05, 0.1) is 12.1 Å². The number of nitrogens with one attached hydrogen (secondary N) is 2. The van der Waals surface area contributed by atoms with E-state index in [9.17, 15) is 9.59 Å². The van der Waals surface area contributed by atoms with Crippen molar-refractivity contribution in [1.82, 2.24) is 10.6 Å². The molecule has 0 saturated heterocycles. The molecule has 0 heterocycles. The van der Waals surface area contributed by atoms with Gasteiger partial charge in [-0.3, -0.25) is 4.79 Å². The molecule has 0 aromatic rings. The first-order valence-corrected chi connectivity index (χ1v) is 7.19. The van der Waals surface area contributed by atoms with Gasteiger partial charge >= 0.3 is 0 Å². The van der Waals surface area contributed by atoms with Crippen molar-refractivity contribution < 1.29 is 9.59 Å². The number of hydrogen-bond acceptors (Lipinski definition) is 5. The van der Waals surface area contributed by atoms with Crippen LogP contribution in [0.4, 0.5) is 0 Å². The number of Topliss-reactive ketones (excluding diaryl/α,β-unsaturated/α-hetero) is 1. The molecule has 0 fully saturated rings. The Morgan fingerprint density at radius 2 is 1.94 bits per heavy atom. The molecule has 0 amide bonds. The Morgan fingerprint density at radius 3 is 2.41 bits per heavy atom. The monoisotopic (exact) mass is 260 g/mol. The van der Waals surface area contributed by atoms with Gasteiger partial charge in [-0.25, -0.2) is 0 Å². The van der Waals surface area contributed by atoms with Crippen molar-refractivity contribution in [3.63, 3.8) is 0 Å². The van der Waals surface area contributed by atoms with E-state index in [2.05, 4.69) is 10.6 Å². The lowest BCUT2D eigenvalue weighted by Gasteiger charge is -2.12. The van der Waals surface area contributed by atoms with Crippen molar-refractivity contribution in [3.8, 4) is 0 Å². The topological polar surface area (TPSA) is 58.2 Å². The number of aldehydes is 1. The van der Waals surface area contributed by atoms with Crippen molar-refractivity contribution >= 4 is 23.8 Å². The number of ketones is 1. The lowest BCUT2D eigenvalue weighted by Crippen LogP contribution is -2.32. The molecule has 0 saturated carbocycles. The molecule has 0 aliphatic carbocycles. The van der Waals surface area contributed by atoms with Gasteiger partial charge in [0.1, 0.15) is 12.1 Å². The second kappa shape index (κ2) is 10.7. The Bertz CT molecular complexity index is 225. The van der Waals surface area contributed by atoms with Crippen molar-refractivity contribution in [1.29, 1.82) is 0 Å². The van der Waals surface area contributed by atoms with Gasteiger partial charge in [-0.1, -0.05) is 0 Å². The second-order valence-corrected chi connectivity index (χ2v) is 5.25. The summed E-state index contributed by atoms with van der Waals surface area (Å²) in [6.45, 7) is 1.62. The highest BCUT2D eigenvalue weighted by molar-refractivity contribution is 7.99. The van der Waals surface area contributed by atoms with Gasteiger partial charge in [0.2, 0.25) is 0 Å². The Hall–Kier alpha value is -0.390. The number of rotatable bonds is 11. The zero-order valence-corrected chi connectivity index (χ0v) is 11.8. The highest BCUT2D eigenvalue weighted by Gasteiger charge is 2.10. The predicted molar refractivity (Wildman–Crippen MR) is 73.6 cm³/mol. The fraction of sp³-hybridized carbons (Fsp3) is 0.833. The average Bonchev–Trinajstić information content (AvgIpc) is 2.32. The first-order valence-electron chi connectivity index (χ1n) is 6.03. The molecule has 100 valence electrons. The Morgan fingerprint density at radius 1 is 1.24 bits per heavy atom. The van der Waals surface area contributed by atoms with Crippen LogP contribution in [-0.2, 0) is 9.59 Å². The van der Waals surface area contributed by atoms with E-state index in [1.54, 1.807) is 14.0 Å². The minimum Gasteiger partial charge on any atom is -0.311 e. The summed E-state index contributed by atoms with van der Waals surface area (Å²) in [7, 11) is 3.62. The predicted octanol–water partition coefficient (Wildman–Crippen LogP) is 0.854. The molecule has 0 aliphatic heterocycles. The van der Waals surface area contributed by atoms with Crippen LogP contribution in [-0.4, -0.2) is 49.8 Å². The quantitative estimate of drug-likeness (QED) is 0.426. The van der Waals surface area contributed by atoms with Crippen LogP contribution in [0.2, 0.25) is 0 Å². The van der Waals surface area contributed by atoms with Crippen molar-refractivity contribution in [2.45, 2.75) is 38.3 Å². The van der Waals surface area contributed by atoms with Crippen molar-refractivity contribution in [2.75, 3.05) is 25.6 Å². The molecule has 0 bridgehead atoms. The summed E-state index contributed by atoms with van der Waals surface area (Å²) in [6, 6.07) is -0.0274. The van der Waals surface area contributed by atoms with E-state index in [-0.39, 0.29) is 17.9 Å². The Labute approximate surface area is 108 Å². The van der Waals surface area contributed by atoms with Crippen LogP contribution < -0.4 is 10.6 Å². The summed E-state index contributed by atoms with van der Waals surface area (Å²) in [5.41, 5.74) is 0. The maximum absolute atomic E-state index is 11.1. The summed E-state index contributed by atoms with van der Waals surface area (Å²) < 4.78 is 0. The van der Waals surface area contributed by atoms with Crippen LogP contribution in [0.15, 0.2) is 0 Å². The maximum Gasteiger partial charge on any atom is 0.146 e. The molecule has 0 aliphatic rings. The first-order chi connectivity index (χ1) is 8.15. The van der Waals surface area contributed by atoms with E-state index in [1.807, 2.05) is 18.8 Å². The van der Waals surface area contributed by atoms with Crippen molar-refractivity contribution in [3.05, 3.63) is 0 Å². The molecule has 0 radical (unpaired) electrons. The SMILES string of the molecule is CNC(C=O)CCSCCCC(NC)C(C)=O. The number of thioether (sulfide) groups is 1. The highest BCUT2D eigenvalue weighted by atomic mass is 32.2. The third-order valence-electron chi connectivity index (χ3n) is 2.73. The van der Waals surface area contributed by atoms with E-state index in [4.69, 9.17) is 0 Å². The lowest BCUT2D eigenvalue weighted by molar-refractivity contribution is -0.119. The van der Waals surface area contributed by atoms with Crippen LogP contribution in [0.5, 0.6) is 0 Å². The van der Waals surface area contributed by atoms with Gasteiger partial charge in [-0.2, -0.15) is 11.8 Å². The minimum atomic E-state index is -0.0234. The number of carbonyl (C=O) groups excluding carboxylic acids is 2. The van der Waals surface area contributed by atoms with E-state index < -0.39 is 0 Å². The summed E-state index contributed by atoms with van der Waals surface area (Å²) in [5.74, 6) is 2.23. The molecule has 0 aromatic heterocycles. The maximum atomic E-state index is 11.1. The molecule has 2 unspecified atom stereocenters. The lowest BCUT2D eigenvalue weighted by atomic mass is 10.1. The zero-order valence-electron chi connectivity index (χ0n) is 11.0. The van der Waals surface area contributed by atoms with Gasteiger partial charge in [0.25, 0.3) is 0 Å². The van der Waals surface area contributed by atoms with E-state index in [0.29, 0.717) is 0 Å². The molecular weight excluding hydrogens is 236 g/mol. The Balaban J connectivity index is 3.45. The molecule has 4 nitrogen and oxygen atoms in total. The number of hydrogen-bond donors (Lipinski definition) is 2. The number of carbonyl (C=O) groups is 2. The summed E-state index contributed by atoms with van der Waals surface area (Å²) >= 11 is 1.84. The largest absolute Gasteiger partial charge is 0.311 e. The average molecular weight is 260 g/mol. The van der Waals surface area contributed by atoms with E-state index in [0.717, 1.165) is 37.1 Å². The minimum absolute atomic E-state index is 0.00404. The number of likely N-dealkylation sites (N-methyl/N-ethyl adjacent to an activating group) is 2. The molecule has 5 heteroatoms. The van der Waals surface area contributed by atoms with E-state index in [1.165, 1.54) is 0 Å². The van der Waals surface area contributed by atoms with Gasteiger partial charge in [-0.05, 0) is 51.8 Å². The first kappa shape index (κ1) is 16.6. The van der Waals surface area contributed by atoms with Gasteiger partial charge in [0, 0.05) is 0 Å². The van der Waals surface area contributed by atoms with Gasteiger partial charge < -0.3 is 15.4 Å². The van der Waals surface area contributed by atoms with Crippen LogP contribution >= 0.6 is 11.8 Å². The third kappa shape index (κ3) is 8.35. The standard InChI is InChI=1S/C12H24N2O2S/c1-10(16)12(14-3)5-4-7-17-8-6-11(9-15)13-2/h9,11-14H,4-8H2,1-3H3. The van der Waals surface area contributed by atoms with Crippen LogP contribution in [0.25, 0.3) is 0 Å². The van der Waals surface area contributed by atoms with Gasteiger partial charge in [0.15, 0.2) is 0 Å². The smallest absolute Gasteiger partial charge is 0.146 e. The molecule has 2 N–H and O–H groups in total. The van der Waals surface area contributed by atoms with Crippen LogP contribution in [0, 0.1) is 0 Å². The van der Waals surface area contributed by atoms with Gasteiger partial charge in [-0.15, -0.1) is 0 Å². The molecule has 0 aromatic carbocycles. The van der Waals surface area contributed by atoms with Crippen molar-refractivity contribution in [2.24, 2.45) is 0 Å². The zero-order chi connectivity index (χ0) is 13.1. The normalized spacial score (nSPS) is 14.3. The fourth-order valence-electron chi connectivity index (χ4n) is 1.53. The van der Waals surface area contributed by atoms with Crippen LogP contribution in [0.1, 0.15) is 26.2 Å². The molecule has 17 heavy (non-hydrogen) atoms. The molecular formula is C12H24N2O2S. The summed E-state index contributed by atoms with van der Waals surface area (Å²) in [4.78, 5) is 21.7. The second-order valence-electron chi connectivity index (χ2n) is 4.03. The third-order valence-corrected chi connectivity index (χ3v) is 3.83. The summed E-state index contributed by atoms with van der Waals surface area (Å²) in [5, 5.41) is 5.96. The fourth-order valence-corrected chi connectivity index (χ4v) is 2.53. The summed E-state index contributed by atoms with van der Waals surface area (Å²) in [6.07, 6.45) is 3.74. The highest BCUT2D eigenvalue weighted by Crippen LogP contribution is 2.09.